The van der Waals surface area contributed by atoms with Gasteiger partial charge in [0.05, 0.1) is 0 Å². The molecular formula is C26H16F2. The maximum Gasteiger partial charge on any atom is 0.123 e. The molecule has 0 saturated heterocycles. The number of hydrogen-bond acceptors (Lipinski definition) is 0. The Morgan fingerprint density at radius 1 is 0.429 bits per heavy atom. The average Bonchev–Trinajstić information content (AvgIpc) is 2.73. The first-order chi connectivity index (χ1) is 13.7. The second-order valence-electron chi connectivity index (χ2n) is 6.92. The van der Waals surface area contributed by atoms with Crippen molar-refractivity contribution in [3.05, 3.63) is 109 Å². The van der Waals surface area contributed by atoms with Gasteiger partial charge in [0.25, 0.3) is 0 Å². The molecule has 0 aliphatic rings. The Bertz CT molecular complexity index is 1200. The Morgan fingerprint density at radius 3 is 1.29 bits per heavy atom. The predicted octanol–water partition coefficient (Wildman–Crippen LogP) is 7.61. The summed E-state index contributed by atoms with van der Waals surface area (Å²) in [6.45, 7) is 0. The minimum Gasteiger partial charge on any atom is -0.207 e. The van der Waals surface area contributed by atoms with Gasteiger partial charge in [-0.25, -0.2) is 8.78 Å². The fourth-order valence-corrected chi connectivity index (χ4v) is 3.81. The lowest BCUT2D eigenvalue weighted by molar-refractivity contribution is 0.627. The van der Waals surface area contributed by atoms with Crippen LogP contribution in [0.2, 0.25) is 0 Å². The topological polar surface area (TPSA) is 0 Å². The van der Waals surface area contributed by atoms with E-state index in [4.69, 9.17) is 0 Å². The van der Waals surface area contributed by atoms with Crippen molar-refractivity contribution in [1.29, 1.82) is 0 Å². The van der Waals surface area contributed by atoms with Crippen molar-refractivity contribution in [3.8, 4) is 22.3 Å². The van der Waals surface area contributed by atoms with Crippen LogP contribution >= 0.6 is 0 Å². The van der Waals surface area contributed by atoms with Gasteiger partial charge in [-0.1, -0.05) is 60.7 Å². The SMILES string of the molecule is Fc1ccc(-c2cccc3cc4cccc(-c5ccc(F)cc5)c4cc23)cc1. The Labute approximate surface area is 161 Å². The molecule has 0 fully saturated rings. The standard InChI is InChI=1S/C26H16F2/c27-21-11-7-17(8-12-21)23-5-1-3-19-15-20-4-2-6-24(26(20)16-25(19)23)18-9-13-22(28)14-10-18/h1-16H. The third-order valence-electron chi connectivity index (χ3n) is 5.19. The summed E-state index contributed by atoms with van der Waals surface area (Å²) < 4.78 is 26.7. The van der Waals surface area contributed by atoms with Gasteiger partial charge in [-0.2, -0.15) is 0 Å². The van der Waals surface area contributed by atoms with Crippen molar-refractivity contribution in [3.63, 3.8) is 0 Å². The lowest BCUT2D eigenvalue weighted by atomic mass is 9.92. The second-order valence-corrected chi connectivity index (χ2v) is 6.92. The highest BCUT2D eigenvalue weighted by Gasteiger charge is 2.09. The molecule has 0 radical (unpaired) electrons. The van der Waals surface area contributed by atoms with Gasteiger partial charge in [0.15, 0.2) is 0 Å². The molecule has 28 heavy (non-hydrogen) atoms. The van der Waals surface area contributed by atoms with Gasteiger partial charge in [-0.15, -0.1) is 0 Å². The first kappa shape index (κ1) is 16.6. The Hall–Kier alpha value is -3.52. The zero-order valence-electron chi connectivity index (χ0n) is 15.0. The highest BCUT2D eigenvalue weighted by atomic mass is 19.1. The molecule has 0 heterocycles. The maximum atomic E-state index is 13.4. The van der Waals surface area contributed by atoms with Crippen LogP contribution in [0.5, 0.6) is 0 Å². The van der Waals surface area contributed by atoms with Gasteiger partial charge >= 0.3 is 0 Å². The van der Waals surface area contributed by atoms with E-state index in [2.05, 4.69) is 36.4 Å². The fraction of sp³-hybridized carbons (Fsp3) is 0. The maximum absolute atomic E-state index is 13.4. The summed E-state index contributed by atoms with van der Waals surface area (Å²) in [6.07, 6.45) is 0. The van der Waals surface area contributed by atoms with Crippen LogP contribution in [0.15, 0.2) is 97.1 Å². The molecular weight excluding hydrogens is 350 g/mol. The van der Waals surface area contributed by atoms with E-state index in [9.17, 15) is 8.78 Å². The molecule has 134 valence electrons. The Balaban J connectivity index is 1.80. The molecule has 0 aliphatic heterocycles. The zero-order valence-corrected chi connectivity index (χ0v) is 15.0. The number of benzene rings is 5. The van der Waals surface area contributed by atoms with Crippen LogP contribution in [-0.2, 0) is 0 Å². The highest BCUT2D eigenvalue weighted by Crippen LogP contribution is 2.36. The van der Waals surface area contributed by atoms with Crippen LogP contribution in [0.3, 0.4) is 0 Å². The average molecular weight is 366 g/mol. The number of rotatable bonds is 2. The minimum absolute atomic E-state index is 0.243. The highest BCUT2D eigenvalue weighted by molar-refractivity contribution is 6.09. The lowest BCUT2D eigenvalue weighted by Gasteiger charge is -2.12. The van der Waals surface area contributed by atoms with Crippen LogP contribution in [-0.4, -0.2) is 0 Å². The molecule has 0 bridgehead atoms. The summed E-state index contributed by atoms with van der Waals surface area (Å²) >= 11 is 0. The van der Waals surface area contributed by atoms with E-state index in [1.54, 1.807) is 24.3 Å². The first-order valence-electron chi connectivity index (χ1n) is 9.16. The van der Waals surface area contributed by atoms with Crippen molar-refractivity contribution in [1.82, 2.24) is 0 Å². The molecule has 5 rings (SSSR count). The first-order valence-corrected chi connectivity index (χ1v) is 9.16. The minimum atomic E-state index is -0.243. The molecule has 0 aliphatic carbocycles. The van der Waals surface area contributed by atoms with E-state index >= 15 is 0 Å². The summed E-state index contributed by atoms with van der Waals surface area (Å²) in [4.78, 5) is 0. The van der Waals surface area contributed by atoms with Gasteiger partial charge in [-0.3, -0.25) is 0 Å². The van der Waals surface area contributed by atoms with Crippen LogP contribution < -0.4 is 0 Å². The summed E-state index contributed by atoms with van der Waals surface area (Å²) in [5, 5.41) is 4.48. The van der Waals surface area contributed by atoms with Crippen LogP contribution in [0, 0.1) is 11.6 Å². The monoisotopic (exact) mass is 366 g/mol. The smallest absolute Gasteiger partial charge is 0.123 e. The molecule has 0 N–H and O–H groups in total. The molecule has 2 heteroatoms. The molecule has 0 unspecified atom stereocenters. The van der Waals surface area contributed by atoms with E-state index in [1.807, 2.05) is 12.1 Å². The van der Waals surface area contributed by atoms with Gasteiger partial charge in [0.1, 0.15) is 11.6 Å². The predicted molar refractivity (Wildman–Crippen MR) is 112 cm³/mol. The van der Waals surface area contributed by atoms with Crippen molar-refractivity contribution < 1.29 is 8.78 Å². The molecule has 0 atom stereocenters. The third-order valence-corrected chi connectivity index (χ3v) is 5.19. The summed E-state index contributed by atoms with van der Waals surface area (Å²) in [5.74, 6) is -0.485. The Morgan fingerprint density at radius 2 is 0.857 bits per heavy atom. The summed E-state index contributed by atoms with van der Waals surface area (Å²) in [7, 11) is 0. The van der Waals surface area contributed by atoms with Gasteiger partial charge in [-0.05, 0) is 80.2 Å². The number of halogens is 2. The second kappa shape index (κ2) is 6.58. The van der Waals surface area contributed by atoms with Gasteiger partial charge in [0, 0.05) is 0 Å². The summed E-state index contributed by atoms with van der Waals surface area (Å²) in [6, 6.07) is 29.9. The van der Waals surface area contributed by atoms with Crippen molar-refractivity contribution in [2.45, 2.75) is 0 Å². The molecule has 0 saturated carbocycles. The lowest BCUT2D eigenvalue weighted by Crippen LogP contribution is -1.86. The van der Waals surface area contributed by atoms with Crippen LogP contribution in [0.4, 0.5) is 8.78 Å². The molecule has 0 nitrogen and oxygen atoms in total. The molecule has 0 spiro atoms. The van der Waals surface area contributed by atoms with E-state index in [-0.39, 0.29) is 11.6 Å². The van der Waals surface area contributed by atoms with E-state index in [0.29, 0.717) is 0 Å². The molecule has 5 aromatic carbocycles. The van der Waals surface area contributed by atoms with Gasteiger partial charge < -0.3 is 0 Å². The van der Waals surface area contributed by atoms with Crippen molar-refractivity contribution >= 4 is 21.5 Å². The largest absolute Gasteiger partial charge is 0.207 e. The fourth-order valence-electron chi connectivity index (χ4n) is 3.81. The molecule has 0 amide bonds. The van der Waals surface area contributed by atoms with Crippen LogP contribution in [0.25, 0.3) is 43.8 Å². The van der Waals surface area contributed by atoms with E-state index < -0.39 is 0 Å². The third kappa shape index (κ3) is 2.84. The van der Waals surface area contributed by atoms with Crippen molar-refractivity contribution in [2.24, 2.45) is 0 Å². The van der Waals surface area contributed by atoms with Crippen molar-refractivity contribution in [2.75, 3.05) is 0 Å². The summed E-state index contributed by atoms with van der Waals surface area (Å²) in [5.41, 5.74) is 4.08. The van der Waals surface area contributed by atoms with E-state index in [1.165, 1.54) is 24.3 Å². The normalized spacial score (nSPS) is 11.2. The quantitative estimate of drug-likeness (QED) is 0.282. The van der Waals surface area contributed by atoms with Gasteiger partial charge in [0.2, 0.25) is 0 Å². The number of hydrogen-bond donors (Lipinski definition) is 0. The molecule has 0 aromatic heterocycles. The Kier molecular flexibility index (Phi) is 3.91. The molecule has 5 aromatic rings. The van der Waals surface area contributed by atoms with E-state index in [0.717, 1.165) is 43.8 Å². The number of fused-ring (bicyclic) bond motifs is 2. The zero-order chi connectivity index (χ0) is 19.1. The van der Waals surface area contributed by atoms with Crippen LogP contribution in [0.1, 0.15) is 0 Å².